The van der Waals surface area contributed by atoms with Gasteiger partial charge in [-0.05, 0) is 0 Å². The molecule has 0 spiro atoms. The summed E-state index contributed by atoms with van der Waals surface area (Å²) >= 11 is 0.389. The van der Waals surface area contributed by atoms with E-state index in [-0.39, 0.29) is 5.78 Å². The van der Waals surface area contributed by atoms with E-state index in [0.717, 1.165) is 0 Å². The summed E-state index contributed by atoms with van der Waals surface area (Å²) in [6.45, 7) is 0. The van der Waals surface area contributed by atoms with E-state index >= 15 is 0 Å². The second kappa shape index (κ2) is 4.27. The molecule has 70 valence electrons. The molecule has 2 nitrogen and oxygen atoms in total. The monoisotopic (exact) mass is 252 g/mol. The average Bonchev–Trinajstić information content (AvgIpc) is 2.87. The van der Waals surface area contributed by atoms with Crippen LogP contribution in [0.25, 0.3) is 6.08 Å². The predicted octanol–water partition coefficient (Wildman–Crippen LogP) is 2.23. The minimum absolute atomic E-state index is 0.0846. The molecule has 0 fully saturated rings. The number of ketones is 1. The number of hydrogen-bond acceptors (Lipinski definition) is 2. The van der Waals surface area contributed by atoms with Crippen molar-refractivity contribution in [3.63, 3.8) is 0 Å². The Morgan fingerprint density at radius 1 is 1.36 bits per heavy atom. The Hall–Kier alpha value is -1.31. The Morgan fingerprint density at radius 2 is 2.29 bits per heavy atom. The fourth-order valence-electron chi connectivity index (χ4n) is 1.04. The fraction of sp³-hybridized carbons (Fsp3) is 0. The molecule has 0 aliphatic carbocycles. The first-order valence-electron chi connectivity index (χ1n) is 4.16. The van der Waals surface area contributed by atoms with Crippen molar-refractivity contribution in [1.82, 2.24) is 0 Å². The van der Waals surface area contributed by atoms with Crippen LogP contribution in [0.2, 0.25) is 0 Å². The third-order valence-electron chi connectivity index (χ3n) is 1.71. The number of rotatable bonds is 3. The molecule has 2 aromatic heterocycles. The van der Waals surface area contributed by atoms with Crippen molar-refractivity contribution in [2.45, 2.75) is 0 Å². The molecule has 2 aromatic rings. The van der Waals surface area contributed by atoms with Crippen molar-refractivity contribution < 1.29 is 9.21 Å². The van der Waals surface area contributed by atoms with E-state index in [1.165, 1.54) is 10.7 Å². The van der Waals surface area contributed by atoms with E-state index in [1.807, 2.05) is 18.2 Å². The van der Waals surface area contributed by atoms with Gasteiger partial charge in [0.25, 0.3) is 0 Å². The molecule has 0 amide bonds. The Kier molecular flexibility index (Phi) is 2.82. The number of carbonyl (C=O) groups excluding carboxylic acids is 1. The standard InChI is InChI=1S/C11H8O2Se/c12-10(11-4-1-7-13-11)6-5-9-3-2-8-14-9/h1-8H/b6-5+. The molecule has 3 heteroatoms. The van der Waals surface area contributed by atoms with Crippen LogP contribution in [0, 0.1) is 0 Å². The molecule has 0 unspecified atom stereocenters. The average molecular weight is 251 g/mol. The zero-order valence-electron chi connectivity index (χ0n) is 7.34. The zero-order valence-corrected chi connectivity index (χ0v) is 9.06. The predicted molar refractivity (Wildman–Crippen MR) is 55.5 cm³/mol. The van der Waals surface area contributed by atoms with Crippen LogP contribution in [0.5, 0.6) is 0 Å². The summed E-state index contributed by atoms with van der Waals surface area (Å²) in [5, 5.41) is 0. The van der Waals surface area contributed by atoms with Gasteiger partial charge in [0.05, 0.1) is 0 Å². The van der Waals surface area contributed by atoms with Crippen LogP contribution >= 0.6 is 0 Å². The van der Waals surface area contributed by atoms with Gasteiger partial charge in [0.15, 0.2) is 0 Å². The molecular weight excluding hydrogens is 243 g/mol. The van der Waals surface area contributed by atoms with Gasteiger partial charge in [-0.15, -0.1) is 0 Å². The molecule has 0 bridgehead atoms. The summed E-state index contributed by atoms with van der Waals surface area (Å²) in [6, 6.07) is 7.41. The van der Waals surface area contributed by atoms with E-state index in [9.17, 15) is 4.79 Å². The van der Waals surface area contributed by atoms with Gasteiger partial charge in [-0.3, -0.25) is 0 Å². The first-order chi connectivity index (χ1) is 6.86. The van der Waals surface area contributed by atoms with Gasteiger partial charge in [0, 0.05) is 0 Å². The summed E-state index contributed by atoms with van der Waals surface area (Å²) in [4.78, 5) is 13.6. The maximum atomic E-state index is 11.4. The molecule has 0 aliphatic rings. The normalized spacial score (nSPS) is 10.9. The first kappa shape index (κ1) is 9.25. The molecule has 2 heterocycles. The van der Waals surface area contributed by atoms with E-state index in [1.54, 1.807) is 18.2 Å². The summed E-state index contributed by atoms with van der Waals surface area (Å²) in [5.74, 6) is 0.305. The summed E-state index contributed by atoms with van der Waals surface area (Å²) < 4.78 is 6.19. The number of furan rings is 1. The molecule has 14 heavy (non-hydrogen) atoms. The van der Waals surface area contributed by atoms with E-state index < -0.39 is 0 Å². The number of hydrogen-bond donors (Lipinski definition) is 0. The second-order valence-corrected chi connectivity index (χ2v) is 4.74. The molecule has 0 radical (unpaired) electrons. The van der Waals surface area contributed by atoms with Crippen LogP contribution in [-0.4, -0.2) is 20.3 Å². The van der Waals surface area contributed by atoms with Gasteiger partial charge in [0.2, 0.25) is 0 Å². The van der Waals surface area contributed by atoms with E-state index in [4.69, 9.17) is 4.42 Å². The number of carbonyl (C=O) groups is 1. The van der Waals surface area contributed by atoms with Crippen LogP contribution in [0.4, 0.5) is 0 Å². The molecule has 0 saturated heterocycles. The van der Waals surface area contributed by atoms with Crippen LogP contribution in [0.3, 0.4) is 0 Å². The van der Waals surface area contributed by atoms with Gasteiger partial charge in [-0.2, -0.15) is 0 Å². The van der Waals surface area contributed by atoms with Gasteiger partial charge in [-0.25, -0.2) is 0 Å². The van der Waals surface area contributed by atoms with Crippen molar-refractivity contribution in [1.29, 1.82) is 0 Å². The van der Waals surface area contributed by atoms with Crippen LogP contribution in [0.1, 0.15) is 15.0 Å². The molecule has 0 N–H and O–H groups in total. The number of allylic oxidation sites excluding steroid dienone is 1. The first-order valence-corrected chi connectivity index (χ1v) is 6.00. The van der Waals surface area contributed by atoms with Gasteiger partial charge in [0.1, 0.15) is 0 Å². The molecule has 0 aliphatic heterocycles. The van der Waals surface area contributed by atoms with Gasteiger partial charge in [-0.1, -0.05) is 0 Å². The van der Waals surface area contributed by atoms with Gasteiger partial charge < -0.3 is 0 Å². The zero-order chi connectivity index (χ0) is 9.80. The SMILES string of the molecule is O=C(/C=C/c1ccc[se]1)c1ccco1. The Balaban J connectivity index is 2.09. The fourth-order valence-corrected chi connectivity index (χ4v) is 2.34. The quantitative estimate of drug-likeness (QED) is 0.475. The minimum atomic E-state index is -0.0846. The van der Waals surface area contributed by atoms with Crippen molar-refractivity contribution in [3.8, 4) is 0 Å². The Bertz CT molecular complexity index is 424. The van der Waals surface area contributed by atoms with Gasteiger partial charge >= 0.3 is 87.3 Å². The Labute approximate surface area is 87.6 Å². The van der Waals surface area contributed by atoms with Crippen LogP contribution < -0.4 is 0 Å². The van der Waals surface area contributed by atoms with Crippen LogP contribution in [0.15, 0.2) is 46.0 Å². The molecule has 0 aromatic carbocycles. The third kappa shape index (κ3) is 2.13. The summed E-state index contributed by atoms with van der Waals surface area (Å²) in [7, 11) is 0. The second-order valence-electron chi connectivity index (χ2n) is 2.69. The molecular formula is C11H8O2Se. The van der Waals surface area contributed by atoms with Crippen molar-refractivity contribution in [2.24, 2.45) is 0 Å². The van der Waals surface area contributed by atoms with E-state index in [2.05, 4.69) is 4.94 Å². The summed E-state index contributed by atoms with van der Waals surface area (Å²) in [5.41, 5.74) is 0. The van der Waals surface area contributed by atoms with Crippen molar-refractivity contribution in [3.05, 3.63) is 51.7 Å². The van der Waals surface area contributed by atoms with Crippen molar-refractivity contribution in [2.75, 3.05) is 0 Å². The summed E-state index contributed by atoms with van der Waals surface area (Å²) in [6.07, 6.45) is 4.91. The molecule has 0 saturated carbocycles. The maximum absolute atomic E-state index is 11.4. The van der Waals surface area contributed by atoms with Crippen LogP contribution in [-0.2, 0) is 0 Å². The molecule has 0 atom stereocenters. The molecule has 2 rings (SSSR count). The van der Waals surface area contributed by atoms with Crippen molar-refractivity contribution >= 4 is 26.4 Å². The third-order valence-corrected chi connectivity index (χ3v) is 3.46. The Morgan fingerprint density at radius 3 is 2.93 bits per heavy atom. The topological polar surface area (TPSA) is 30.2 Å². The van der Waals surface area contributed by atoms with E-state index in [0.29, 0.717) is 20.3 Å².